The van der Waals surface area contributed by atoms with Gasteiger partial charge in [0.05, 0.1) is 22.8 Å². The van der Waals surface area contributed by atoms with Gasteiger partial charge >= 0.3 is 0 Å². The summed E-state index contributed by atoms with van der Waals surface area (Å²) in [4.78, 5) is 22.3. The number of amides is 1. The van der Waals surface area contributed by atoms with Crippen LogP contribution >= 0.6 is 0 Å². The fourth-order valence-corrected chi connectivity index (χ4v) is 3.56. The van der Waals surface area contributed by atoms with Gasteiger partial charge in [0.15, 0.2) is 0 Å². The lowest BCUT2D eigenvalue weighted by Gasteiger charge is -2.18. The third-order valence-electron chi connectivity index (χ3n) is 4.98. The number of fused-ring (bicyclic) bond motifs is 1. The summed E-state index contributed by atoms with van der Waals surface area (Å²) < 4.78 is 0. The molecule has 2 aromatic carbocycles. The molecular formula is C24H21N3O2. The summed E-state index contributed by atoms with van der Waals surface area (Å²) in [6.07, 6.45) is 1.60. The topological polar surface area (TPSA) is 75.1 Å². The molecule has 1 unspecified atom stereocenters. The maximum Gasteiger partial charge on any atom is 0.252 e. The van der Waals surface area contributed by atoms with Gasteiger partial charge in [-0.05, 0) is 37.6 Å². The number of rotatable bonds is 4. The summed E-state index contributed by atoms with van der Waals surface area (Å²) in [5.41, 5.74) is 4.32. The molecule has 4 rings (SSSR count). The van der Waals surface area contributed by atoms with E-state index in [0.29, 0.717) is 11.3 Å². The highest BCUT2D eigenvalue weighted by atomic mass is 16.3. The van der Waals surface area contributed by atoms with Crippen molar-refractivity contribution in [3.8, 4) is 17.0 Å². The van der Waals surface area contributed by atoms with Gasteiger partial charge in [0.1, 0.15) is 11.4 Å². The number of pyridine rings is 2. The van der Waals surface area contributed by atoms with E-state index in [2.05, 4.69) is 10.3 Å². The Labute approximate surface area is 169 Å². The summed E-state index contributed by atoms with van der Waals surface area (Å²) in [6, 6.07) is 20.2. The zero-order valence-corrected chi connectivity index (χ0v) is 16.3. The quantitative estimate of drug-likeness (QED) is 0.531. The monoisotopic (exact) mass is 383 g/mol. The highest BCUT2D eigenvalue weighted by molar-refractivity contribution is 6.09. The minimum Gasteiger partial charge on any atom is -0.506 e. The van der Waals surface area contributed by atoms with Gasteiger partial charge in [-0.3, -0.25) is 9.78 Å². The Morgan fingerprint density at radius 2 is 1.72 bits per heavy atom. The summed E-state index contributed by atoms with van der Waals surface area (Å²) in [7, 11) is 0. The lowest BCUT2D eigenvalue weighted by Crippen LogP contribution is -2.28. The maximum atomic E-state index is 13.3. The molecule has 0 saturated carbocycles. The number of para-hydroxylation sites is 1. The van der Waals surface area contributed by atoms with Crippen LogP contribution in [0.15, 0.2) is 72.9 Å². The lowest BCUT2D eigenvalue weighted by molar-refractivity contribution is 0.0940. The van der Waals surface area contributed by atoms with Crippen LogP contribution < -0.4 is 5.32 Å². The molecule has 2 heterocycles. The van der Waals surface area contributed by atoms with E-state index in [1.54, 1.807) is 25.3 Å². The molecule has 4 aromatic rings. The van der Waals surface area contributed by atoms with E-state index in [0.717, 1.165) is 27.7 Å². The van der Waals surface area contributed by atoms with E-state index in [-0.39, 0.29) is 11.7 Å². The Hall–Kier alpha value is -3.73. The lowest BCUT2D eigenvalue weighted by atomic mass is 9.97. The van der Waals surface area contributed by atoms with Crippen molar-refractivity contribution in [2.75, 3.05) is 0 Å². The molecule has 5 heteroatoms. The van der Waals surface area contributed by atoms with Gasteiger partial charge < -0.3 is 10.4 Å². The van der Waals surface area contributed by atoms with Gasteiger partial charge in [0.2, 0.25) is 0 Å². The Morgan fingerprint density at radius 1 is 1.00 bits per heavy atom. The highest BCUT2D eigenvalue weighted by Gasteiger charge is 2.21. The zero-order chi connectivity index (χ0) is 20.4. The summed E-state index contributed by atoms with van der Waals surface area (Å²) in [5, 5.41) is 13.8. The summed E-state index contributed by atoms with van der Waals surface area (Å²) in [6.45, 7) is 3.72. The molecule has 2 N–H and O–H groups in total. The number of nitrogens with zero attached hydrogens (tertiary/aromatic N) is 2. The van der Waals surface area contributed by atoms with Gasteiger partial charge in [-0.25, -0.2) is 4.98 Å². The standard InChI is InChI=1S/C24H21N3O2/c1-15-21(24(29)26-16(2)23-20(28)13-8-14-25-23)18-11-6-7-12-19(18)27-22(15)17-9-4-3-5-10-17/h3-14,16,28H,1-2H3,(H,26,29). The van der Waals surface area contributed by atoms with Crippen molar-refractivity contribution in [1.29, 1.82) is 0 Å². The van der Waals surface area contributed by atoms with Crippen molar-refractivity contribution in [2.45, 2.75) is 19.9 Å². The van der Waals surface area contributed by atoms with Crippen LogP contribution in [0.4, 0.5) is 0 Å². The van der Waals surface area contributed by atoms with E-state index in [1.807, 2.05) is 61.5 Å². The molecule has 2 aromatic heterocycles. The third-order valence-corrected chi connectivity index (χ3v) is 4.98. The van der Waals surface area contributed by atoms with Crippen LogP contribution in [-0.2, 0) is 0 Å². The molecule has 1 amide bonds. The first-order valence-corrected chi connectivity index (χ1v) is 9.45. The predicted molar refractivity (Wildman–Crippen MR) is 114 cm³/mol. The van der Waals surface area contributed by atoms with Crippen LogP contribution in [0, 0.1) is 6.92 Å². The number of hydrogen-bond acceptors (Lipinski definition) is 4. The van der Waals surface area contributed by atoms with Crippen molar-refractivity contribution in [2.24, 2.45) is 0 Å². The number of benzene rings is 2. The molecule has 0 saturated heterocycles. The molecule has 0 aliphatic heterocycles. The number of aromatic hydroxyl groups is 1. The fraction of sp³-hybridized carbons (Fsp3) is 0.125. The highest BCUT2D eigenvalue weighted by Crippen LogP contribution is 2.30. The largest absolute Gasteiger partial charge is 0.506 e. The van der Waals surface area contributed by atoms with Crippen LogP contribution in [0.2, 0.25) is 0 Å². The first-order chi connectivity index (χ1) is 14.1. The van der Waals surface area contributed by atoms with Crippen molar-refractivity contribution < 1.29 is 9.90 Å². The molecular weight excluding hydrogens is 362 g/mol. The molecule has 0 aliphatic rings. The molecule has 0 aliphatic carbocycles. The average molecular weight is 383 g/mol. The summed E-state index contributed by atoms with van der Waals surface area (Å²) in [5.74, 6) is -0.169. The number of carbonyl (C=O) groups excluding carboxylic acids is 1. The second-order valence-electron chi connectivity index (χ2n) is 6.95. The number of aromatic nitrogens is 2. The van der Waals surface area contributed by atoms with Crippen LogP contribution in [0.5, 0.6) is 5.75 Å². The number of hydrogen-bond donors (Lipinski definition) is 2. The van der Waals surface area contributed by atoms with Gasteiger partial charge in [-0.2, -0.15) is 0 Å². The van der Waals surface area contributed by atoms with Crippen LogP contribution in [0.3, 0.4) is 0 Å². The normalized spacial score (nSPS) is 11.9. The van der Waals surface area contributed by atoms with Crippen LogP contribution in [-0.4, -0.2) is 21.0 Å². The fourth-order valence-electron chi connectivity index (χ4n) is 3.56. The van der Waals surface area contributed by atoms with Crippen molar-refractivity contribution in [3.05, 3.63) is 89.7 Å². The van der Waals surface area contributed by atoms with Crippen LogP contribution in [0.25, 0.3) is 22.2 Å². The van der Waals surface area contributed by atoms with Crippen molar-refractivity contribution >= 4 is 16.8 Å². The second-order valence-corrected chi connectivity index (χ2v) is 6.95. The molecule has 29 heavy (non-hydrogen) atoms. The molecule has 0 fully saturated rings. The van der Waals surface area contributed by atoms with Gasteiger partial charge in [0, 0.05) is 17.1 Å². The minimum atomic E-state index is -0.449. The van der Waals surface area contributed by atoms with Crippen molar-refractivity contribution in [3.63, 3.8) is 0 Å². The first kappa shape index (κ1) is 18.6. The van der Waals surface area contributed by atoms with Crippen molar-refractivity contribution in [1.82, 2.24) is 15.3 Å². The molecule has 0 spiro atoms. The SMILES string of the molecule is Cc1c(-c2ccccc2)nc2ccccc2c1C(=O)NC(C)c1ncccc1O. The van der Waals surface area contributed by atoms with E-state index in [1.165, 1.54) is 0 Å². The predicted octanol–water partition coefficient (Wildman–Crippen LogP) is 4.80. The van der Waals surface area contributed by atoms with E-state index in [9.17, 15) is 9.90 Å². The maximum absolute atomic E-state index is 13.3. The second kappa shape index (κ2) is 7.72. The molecule has 1 atom stereocenters. The molecule has 0 bridgehead atoms. The van der Waals surface area contributed by atoms with E-state index < -0.39 is 6.04 Å². The summed E-state index contributed by atoms with van der Waals surface area (Å²) >= 11 is 0. The van der Waals surface area contributed by atoms with Gasteiger partial charge in [0.25, 0.3) is 5.91 Å². The van der Waals surface area contributed by atoms with Gasteiger partial charge in [-0.1, -0.05) is 48.5 Å². The van der Waals surface area contributed by atoms with E-state index in [4.69, 9.17) is 4.98 Å². The van der Waals surface area contributed by atoms with Gasteiger partial charge in [-0.15, -0.1) is 0 Å². The Morgan fingerprint density at radius 3 is 2.48 bits per heavy atom. The Kier molecular flexibility index (Phi) is 4.96. The average Bonchev–Trinajstić information content (AvgIpc) is 2.74. The molecule has 144 valence electrons. The van der Waals surface area contributed by atoms with E-state index >= 15 is 0 Å². The smallest absolute Gasteiger partial charge is 0.252 e. The molecule has 5 nitrogen and oxygen atoms in total. The van der Waals surface area contributed by atoms with Crippen LogP contribution in [0.1, 0.15) is 34.6 Å². The first-order valence-electron chi connectivity index (χ1n) is 9.45. The minimum absolute atomic E-state index is 0.0570. The number of carbonyl (C=O) groups is 1. The zero-order valence-electron chi connectivity index (χ0n) is 16.3. The molecule has 0 radical (unpaired) electrons. The number of nitrogens with one attached hydrogen (secondary N) is 1. The Balaban J connectivity index is 1.81. The third kappa shape index (κ3) is 3.55. The Bertz CT molecular complexity index is 1190.